The van der Waals surface area contributed by atoms with E-state index in [1.165, 1.54) is 0 Å². The molecule has 2 saturated heterocycles. The lowest BCUT2D eigenvalue weighted by atomic mass is 9.86. The lowest BCUT2D eigenvalue weighted by Gasteiger charge is -2.18. The van der Waals surface area contributed by atoms with Crippen molar-refractivity contribution in [1.82, 2.24) is 4.90 Å². The molecule has 1 aromatic rings. The molecule has 0 bridgehead atoms. The molecule has 0 saturated carbocycles. The molecular weight excluding hydrogens is 302 g/mol. The van der Waals surface area contributed by atoms with Gasteiger partial charge in [0.15, 0.2) is 0 Å². The molecule has 2 heterocycles. The number of rotatable bonds is 2. The smallest absolute Gasteiger partial charge is 0.321 e. The first-order chi connectivity index (χ1) is 11.7. The minimum absolute atomic E-state index is 0.0191. The van der Waals surface area contributed by atoms with Gasteiger partial charge in [-0.15, -0.1) is 0 Å². The van der Waals surface area contributed by atoms with E-state index in [1.807, 2.05) is 34.1 Å². The van der Waals surface area contributed by atoms with E-state index in [2.05, 4.69) is 17.5 Å². The van der Waals surface area contributed by atoms with Crippen molar-refractivity contribution in [3.05, 3.63) is 36.4 Å². The average molecular weight is 325 g/mol. The molecule has 2 aliphatic heterocycles. The van der Waals surface area contributed by atoms with Crippen LogP contribution in [-0.4, -0.2) is 36.5 Å². The number of amides is 3. The molecule has 0 aromatic heterocycles. The van der Waals surface area contributed by atoms with Crippen molar-refractivity contribution in [1.29, 1.82) is 0 Å². The highest BCUT2D eigenvalue weighted by Crippen LogP contribution is 2.33. The summed E-state index contributed by atoms with van der Waals surface area (Å²) in [6.45, 7) is 2.48. The van der Waals surface area contributed by atoms with Crippen LogP contribution in [0.15, 0.2) is 36.4 Å². The third-order valence-electron chi connectivity index (χ3n) is 5.41. The van der Waals surface area contributed by atoms with Crippen LogP contribution in [0.5, 0.6) is 0 Å². The first-order valence-corrected chi connectivity index (χ1v) is 8.82. The Balaban J connectivity index is 1.37. The summed E-state index contributed by atoms with van der Waals surface area (Å²) < 4.78 is 0. The number of likely N-dealkylation sites (tertiary alicyclic amines) is 1. The van der Waals surface area contributed by atoms with Crippen LogP contribution >= 0.6 is 0 Å². The van der Waals surface area contributed by atoms with Crippen LogP contribution in [0.1, 0.15) is 25.7 Å². The molecule has 3 aliphatic rings. The van der Waals surface area contributed by atoms with Crippen molar-refractivity contribution in [2.24, 2.45) is 11.8 Å². The van der Waals surface area contributed by atoms with Gasteiger partial charge >= 0.3 is 6.03 Å². The fourth-order valence-corrected chi connectivity index (χ4v) is 4.03. The van der Waals surface area contributed by atoms with Gasteiger partial charge in [-0.3, -0.25) is 4.79 Å². The number of nitrogens with zero attached hydrogens (tertiary/aromatic N) is 2. The zero-order valence-electron chi connectivity index (χ0n) is 13.8. The maximum absolute atomic E-state index is 12.5. The van der Waals surface area contributed by atoms with E-state index in [0.717, 1.165) is 50.3 Å². The van der Waals surface area contributed by atoms with Crippen LogP contribution in [0.25, 0.3) is 0 Å². The molecule has 2 fully saturated rings. The summed E-state index contributed by atoms with van der Waals surface area (Å²) in [6, 6.07) is 7.56. The Hall–Kier alpha value is -2.30. The second-order valence-electron chi connectivity index (χ2n) is 6.99. The van der Waals surface area contributed by atoms with E-state index < -0.39 is 0 Å². The first kappa shape index (κ1) is 15.2. The Morgan fingerprint density at radius 1 is 1.04 bits per heavy atom. The number of hydrogen-bond acceptors (Lipinski definition) is 2. The Bertz CT molecular complexity index is 652. The zero-order valence-corrected chi connectivity index (χ0v) is 13.8. The number of carbonyl (C=O) groups is 2. The number of urea groups is 1. The van der Waals surface area contributed by atoms with Crippen molar-refractivity contribution in [3.63, 3.8) is 0 Å². The van der Waals surface area contributed by atoms with Gasteiger partial charge in [0.05, 0.1) is 0 Å². The minimum Gasteiger partial charge on any atom is -0.324 e. The molecule has 1 aliphatic carbocycles. The highest BCUT2D eigenvalue weighted by molar-refractivity contribution is 5.96. The third-order valence-corrected chi connectivity index (χ3v) is 5.41. The molecule has 0 spiro atoms. The van der Waals surface area contributed by atoms with Gasteiger partial charge < -0.3 is 15.1 Å². The number of fused-ring (bicyclic) bond motifs is 1. The normalized spacial score (nSPS) is 25.9. The van der Waals surface area contributed by atoms with Gasteiger partial charge in [-0.05, 0) is 55.4 Å². The molecule has 24 heavy (non-hydrogen) atoms. The average Bonchev–Trinajstić information content (AvgIpc) is 3.21. The fourth-order valence-electron chi connectivity index (χ4n) is 4.03. The van der Waals surface area contributed by atoms with E-state index in [0.29, 0.717) is 18.3 Å². The first-order valence-electron chi connectivity index (χ1n) is 8.82. The van der Waals surface area contributed by atoms with Crippen LogP contribution in [0.4, 0.5) is 16.2 Å². The van der Waals surface area contributed by atoms with Gasteiger partial charge in [0.2, 0.25) is 5.91 Å². The summed E-state index contributed by atoms with van der Waals surface area (Å²) in [5.41, 5.74) is 1.69. The van der Waals surface area contributed by atoms with Gasteiger partial charge in [-0.25, -0.2) is 4.79 Å². The van der Waals surface area contributed by atoms with E-state index >= 15 is 0 Å². The third kappa shape index (κ3) is 2.90. The Morgan fingerprint density at radius 3 is 2.29 bits per heavy atom. The molecule has 5 heteroatoms. The lowest BCUT2D eigenvalue weighted by Crippen LogP contribution is -2.33. The number of nitrogens with one attached hydrogen (secondary N) is 1. The summed E-state index contributed by atoms with van der Waals surface area (Å²) in [7, 11) is 0. The van der Waals surface area contributed by atoms with Crippen molar-refractivity contribution in [2.75, 3.05) is 29.9 Å². The highest BCUT2D eigenvalue weighted by Gasteiger charge is 2.35. The topological polar surface area (TPSA) is 52.7 Å². The van der Waals surface area contributed by atoms with E-state index in [9.17, 15) is 9.59 Å². The Kier molecular flexibility index (Phi) is 4.00. The molecule has 2 atom stereocenters. The zero-order chi connectivity index (χ0) is 16.5. The number of carbonyl (C=O) groups excluding carboxylic acids is 2. The monoisotopic (exact) mass is 325 g/mol. The van der Waals surface area contributed by atoms with Crippen LogP contribution in [-0.2, 0) is 4.79 Å². The van der Waals surface area contributed by atoms with Gasteiger partial charge in [-0.2, -0.15) is 0 Å². The quantitative estimate of drug-likeness (QED) is 0.849. The predicted molar refractivity (Wildman–Crippen MR) is 94.0 cm³/mol. The Morgan fingerprint density at radius 2 is 1.71 bits per heavy atom. The van der Waals surface area contributed by atoms with Crippen LogP contribution in [0.2, 0.25) is 0 Å². The van der Waals surface area contributed by atoms with Gasteiger partial charge in [0, 0.05) is 37.4 Å². The summed E-state index contributed by atoms with van der Waals surface area (Å²) >= 11 is 0. The lowest BCUT2D eigenvalue weighted by molar-refractivity contribution is -0.117. The van der Waals surface area contributed by atoms with Crippen LogP contribution in [0.3, 0.4) is 0 Å². The number of anilines is 2. The van der Waals surface area contributed by atoms with Crippen LogP contribution < -0.4 is 10.2 Å². The van der Waals surface area contributed by atoms with Crippen molar-refractivity contribution in [2.45, 2.75) is 25.7 Å². The molecule has 4 rings (SSSR count). The standard InChI is InChI=1S/C19H23N3O2/c23-18-6-3-11-22(18)17-9-7-16(8-10-17)20-19(24)21-12-14-4-1-2-5-15(14)13-21/h1-2,7-10,14-15H,3-6,11-13H2,(H,20,24)/t14-,15-/m1/s1. The molecule has 126 valence electrons. The van der Waals surface area contributed by atoms with Crippen LogP contribution in [0, 0.1) is 11.8 Å². The van der Waals surface area contributed by atoms with Crippen molar-refractivity contribution >= 4 is 23.3 Å². The maximum atomic E-state index is 12.5. The van der Waals surface area contributed by atoms with E-state index in [4.69, 9.17) is 0 Å². The SMILES string of the molecule is O=C(Nc1ccc(N2CCCC2=O)cc1)N1C[C@H]2CC=CC[C@@H]2C1. The predicted octanol–water partition coefficient (Wildman–Crippen LogP) is 3.24. The highest BCUT2D eigenvalue weighted by atomic mass is 16.2. The molecule has 3 amide bonds. The van der Waals surface area contributed by atoms with Gasteiger partial charge in [0.25, 0.3) is 0 Å². The molecule has 1 aromatic carbocycles. The van der Waals surface area contributed by atoms with Gasteiger partial charge in [-0.1, -0.05) is 12.2 Å². The minimum atomic E-state index is -0.0191. The number of allylic oxidation sites excluding steroid dienone is 2. The molecule has 1 N–H and O–H groups in total. The Labute approximate surface area is 142 Å². The summed E-state index contributed by atoms with van der Waals surface area (Å²) in [5, 5.41) is 2.99. The van der Waals surface area contributed by atoms with Crippen molar-refractivity contribution < 1.29 is 9.59 Å². The number of benzene rings is 1. The largest absolute Gasteiger partial charge is 0.324 e. The van der Waals surface area contributed by atoms with Gasteiger partial charge in [0.1, 0.15) is 0 Å². The maximum Gasteiger partial charge on any atom is 0.321 e. The molecule has 5 nitrogen and oxygen atoms in total. The summed E-state index contributed by atoms with van der Waals surface area (Å²) in [6.07, 6.45) is 8.20. The summed E-state index contributed by atoms with van der Waals surface area (Å²) in [4.78, 5) is 28.0. The second kappa shape index (κ2) is 6.30. The van der Waals surface area contributed by atoms with E-state index in [-0.39, 0.29) is 11.9 Å². The number of hydrogen-bond donors (Lipinski definition) is 1. The second-order valence-corrected chi connectivity index (χ2v) is 6.99. The molecule has 0 unspecified atom stereocenters. The molecular formula is C19H23N3O2. The summed E-state index contributed by atoms with van der Waals surface area (Å²) in [5.74, 6) is 1.41. The van der Waals surface area contributed by atoms with E-state index in [1.54, 1.807) is 0 Å². The molecule has 0 radical (unpaired) electrons. The fraction of sp³-hybridized carbons (Fsp3) is 0.474. The van der Waals surface area contributed by atoms with Crippen molar-refractivity contribution in [3.8, 4) is 0 Å².